The first kappa shape index (κ1) is 18.3. The van der Waals surface area contributed by atoms with Gasteiger partial charge in [0, 0.05) is 36.7 Å². The van der Waals surface area contributed by atoms with Crippen LogP contribution in [-0.2, 0) is 21.4 Å². The maximum absolute atomic E-state index is 12.6. The van der Waals surface area contributed by atoms with E-state index in [1.807, 2.05) is 0 Å². The molecule has 1 aromatic carbocycles. The Morgan fingerprint density at radius 1 is 1.12 bits per heavy atom. The molecule has 138 valence electrons. The van der Waals surface area contributed by atoms with Gasteiger partial charge in [0.15, 0.2) is 0 Å². The summed E-state index contributed by atoms with van der Waals surface area (Å²) in [6.07, 6.45) is 5.50. The fraction of sp³-hybridized carbons (Fsp3) is 0.333. The van der Waals surface area contributed by atoms with Crippen LogP contribution in [0.1, 0.15) is 24.8 Å². The number of hydrogen-bond acceptors (Lipinski definition) is 5. The summed E-state index contributed by atoms with van der Waals surface area (Å²) in [6, 6.07) is 9.68. The number of ether oxygens (including phenoxy) is 1. The normalized spacial score (nSPS) is 15.4. The van der Waals surface area contributed by atoms with Crippen molar-refractivity contribution < 1.29 is 17.9 Å². The third kappa shape index (κ3) is 4.59. The number of hydrogen-bond donors (Lipinski definition) is 1. The first-order valence-corrected chi connectivity index (χ1v) is 9.92. The van der Waals surface area contributed by atoms with Crippen molar-refractivity contribution in [1.82, 2.24) is 9.29 Å². The summed E-state index contributed by atoms with van der Waals surface area (Å²) in [5.41, 5.74) is 1.25. The standard InChI is InChI=1S/C18H21N3O4S/c22-18(25-14-15-5-4-10-19-13-15)20-16-6-8-17(9-7-16)26(23,24)21-11-2-1-3-12-21/h4-10,13H,1-3,11-12,14H2,(H,20,22). The average molecular weight is 375 g/mol. The van der Waals surface area contributed by atoms with Gasteiger partial charge < -0.3 is 4.74 Å². The molecule has 2 heterocycles. The molecule has 2 aromatic rings. The Morgan fingerprint density at radius 2 is 1.85 bits per heavy atom. The molecule has 0 aliphatic carbocycles. The molecule has 0 saturated carbocycles. The number of anilines is 1. The van der Waals surface area contributed by atoms with Gasteiger partial charge in [0.2, 0.25) is 10.0 Å². The third-order valence-electron chi connectivity index (χ3n) is 4.15. The fourth-order valence-corrected chi connectivity index (χ4v) is 4.27. The smallest absolute Gasteiger partial charge is 0.411 e. The molecule has 0 radical (unpaired) electrons. The van der Waals surface area contributed by atoms with E-state index in [2.05, 4.69) is 10.3 Å². The van der Waals surface area contributed by atoms with Gasteiger partial charge in [-0.3, -0.25) is 10.3 Å². The number of carbonyl (C=O) groups excluding carboxylic acids is 1. The predicted octanol–water partition coefficient (Wildman–Crippen LogP) is 3.00. The molecular formula is C18H21N3O4S. The summed E-state index contributed by atoms with van der Waals surface area (Å²) in [5, 5.41) is 2.58. The Labute approximate surface area is 153 Å². The zero-order chi connectivity index (χ0) is 18.4. The van der Waals surface area contributed by atoms with E-state index in [1.165, 1.54) is 16.4 Å². The minimum atomic E-state index is -3.47. The number of sulfonamides is 1. The lowest BCUT2D eigenvalue weighted by Gasteiger charge is -2.25. The highest BCUT2D eigenvalue weighted by Gasteiger charge is 2.25. The van der Waals surface area contributed by atoms with E-state index in [0.29, 0.717) is 18.8 Å². The maximum atomic E-state index is 12.6. The number of amides is 1. The van der Waals surface area contributed by atoms with Crippen molar-refractivity contribution in [1.29, 1.82) is 0 Å². The maximum Gasteiger partial charge on any atom is 0.411 e. The average Bonchev–Trinajstić information content (AvgIpc) is 2.68. The Kier molecular flexibility index (Phi) is 5.85. The number of nitrogens with zero attached hydrogens (tertiary/aromatic N) is 2. The molecule has 1 aliphatic heterocycles. The quantitative estimate of drug-likeness (QED) is 0.868. The van der Waals surface area contributed by atoms with Crippen molar-refractivity contribution in [3.8, 4) is 0 Å². The van der Waals surface area contributed by atoms with Gasteiger partial charge in [0.1, 0.15) is 6.61 Å². The fourth-order valence-electron chi connectivity index (χ4n) is 2.75. The Morgan fingerprint density at radius 3 is 2.50 bits per heavy atom. The number of nitrogens with one attached hydrogen (secondary N) is 1. The molecule has 7 nitrogen and oxygen atoms in total. The van der Waals surface area contributed by atoms with Crippen LogP contribution >= 0.6 is 0 Å². The van der Waals surface area contributed by atoms with Crippen LogP contribution in [0.25, 0.3) is 0 Å². The molecule has 1 amide bonds. The third-order valence-corrected chi connectivity index (χ3v) is 6.06. The molecule has 3 rings (SSSR count). The second-order valence-electron chi connectivity index (χ2n) is 6.05. The van der Waals surface area contributed by atoms with Gasteiger partial charge in [-0.2, -0.15) is 4.31 Å². The largest absolute Gasteiger partial charge is 0.444 e. The Balaban J connectivity index is 1.58. The molecule has 0 atom stereocenters. The van der Waals surface area contributed by atoms with Crippen LogP contribution in [-0.4, -0.2) is 36.9 Å². The van der Waals surface area contributed by atoms with Gasteiger partial charge >= 0.3 is 6.09 Å². The lowest BCUT2D eigenvalue weighted by molar-refractivity contribution is 0.155. The van der Waals surface area contributed by atoms with Crippen molar-refractivity contribution in [3.63, 3.8) is 0 Å². The van der Waals surface area contributed by atoms with Crippen molar-refractivity contribution in [2.75, 3.05) is 18.4 Å². The highest BCUT2D eigenvalue weighted by Crippen LogP contribution is 2.22. The lowest BCUT2D eigenvalue weighted by Crippen LogP contribution is -2.35. The van der Waals surface area contributed by atoms with Crippen LogP contribution in [0.15, 0.2) is 53.7 Å². The van der Waals surface area contributed by atoms with Crippen molar-refractivity contribution in [3.05, 3.63) is 54.4 Å². The molecule has 1 aliphatic rings. The van der Waals surface area contributed by atoms with Crippen LogP contribution in [0.3, 0.4) is 0 Å². The van der Waals surface area contributed by atoms with E-state index in [9.17, 15) is 13.2 Å². The van der Waals surface area contributed by atoms with E-state index >= 15 is 0 Å². The van der Waals surface area contributed by atoms with Gasteiger partial charge in [0.25, 0.3) is 0 Å². The van der Waals surface area contributed by atoms with Crippen molar-refractivity contribution in [2.45, 2.75) is 30.8 Å². The zero-order valence-electron chi connectivity index (χ0n) is 14.3. The summed E-state index contributed by atoms with van der Waals surface area (Å²) in [5.74, 6) is 0. The van der Waals surface area contributed by atoms with E-state index < -0.39 is 16.1 Å². The topological polar surface area (TPSA) is 88.6 Å². The van der Waals surface area contributed by atoms with Crippen molar-refractivity contribution >= 4 is 21.8 Å². The first-order valence-electron chi connectivity index (χ1n) is 8.48. The number of benzene rings is 1. The van der Waals surface area contributed by atoms with Crippen molar-refractivity contribution in [2.24, 2.45) is 0 Å². The molecule has 8 heteroatoms. The molecule has 1 saturated heterocycles. The van der Waals surface area contributed by atoms with E-state index in [0.717, 1.165) is 24.8 Å². The summed E-state index contributed by atoms with van der Waals surface area (Å²) >= 11 is 0. The van der Waals surface area contributed by atoms with E-state index in [4.69, 9.17) is 4.74 Å². The van der Waals surface area contributed by atoms with Gasteiger partial charge in [0.05, 0.1) is 4.90 Å². The molecular weight excluding hydrogens is 354 g/mol. The van der Waals surface area contributed by atoms with E-state index in [1.54, 1.807) is 36.7 Å². The van der Waals surface area contributed by atoms with Crippen LogP contribution in [0.5, 0.6) is 0 Å². The van der Waals surface area contributed by atoms with Crippen LogP contribution in [0, 0.1) is 0 Å². The highest BCUT2D eigenvalue weighted by molar-refractivity contribution is 7.89. The van der Waals surface area contributed by atoms with Gasteiger partial charge in [-0.25, -0.2) is 13.2 Å². The lowest BCUT2D eigenvalue weighted by atomic mass is 10.2. The molecule has 1 N–H and O–H groups in total. The first-order chi connectivity index (χ1) is 12.6. The second-order valence-corrected chi connectivity index (χ2v) is 7.99. The molecule has 0 spiro atoms. The van der Waals surface area contributed by atoms with Gasteiger partial charge in [-0.05, 0) is 43.2 Å². The number of aromatic nitrogens is 1. The van der Waals surface area contributed by atoms with E-state index in [-0.39, 0.29) is 11.5 Å². The number of piperidine rings is 1. The molecule has 0 unspecified atom stereocenters. The highest BCUT2D eigenvalue weighted by atomic mass is 32.2. The van der Waals surface area contributed by atoms with Crippen LogP contribution in [0.4, 0.5) is 10.5 Å². The molecule has 1 fully saturated rings. The number of rotatable bonds is 5. The van der Waals surface area contributed by atoms with Gasteiger partial charge in [-0.15, -0.1) is 0 Å². The van der Waals surface area contributed by atoms with Gasteiger partial charge in [-0.1, -0.05) is 12.5 Å². The molecule has 0 bridgehead atoms. The minimum Gasteiger partial charge on any atom is -0.444 e. The number of carbonyl (C=O) groups is 1. The minimum absolute atomic E-state index is 0.112. The van der Waals surface area contributed by atoms with Crippen LogP contribution < -0.4 is 5.32 Å². The van der Waals surface area contributed by atoms with Crippen LogP contribution in [0.2, 0.25) is 0 Å². The molecule has 1 aromatic heterocycles. The SMILES string of the molecule is O=C(Nc1ccc(S(=O)(=O)N2CCCCC2)cc1)OCc1cccnc1. The Hall–Kier alpha value is -2.45. The summed E-state index contributed by atoms with van der Waals surface area (Å²) in [6.45, 7) is 1.23. The summed E-state index contributed by atoms with van der Waals surface area (Å²) < 4.78 is 31.8. The second kappa shape index (κ2) is 8.29. The molecule has 26 heavy (non-hydrogen) atoms. The predicted molar refractivity (Wildman–Crippen MR) is 97.1 cm³/mol. The Bertz CT molecular complexity index is 832. The summed E-state index contributed by atoms with van der Waals surface area (Å²) in [7, 11) is -3.47. The monoisotopic (exact) mass is 375 g/mol. The summed E-state index contributed by atoms with van der Waals surface area (Å²) in [4.78, 5) is 16.0. The number of pyridine rings is 1. The zero-order valence-corrected chi connectivity index (χ0v) is 15.1.